The van der Waals surface area contributed by atoms with E-state index in [0.717, 1.165) is 24.0 Å². The maximum atomic E-state index is 13.8. The lowest BCUT2D eigenvalue weighted by atomic mass is 9.88. The number of urea groups is 1. The fraction of sp³-hybridized carbons (Fsp3) is 0.500. The molecule has 2 aromatic carbocycles. The predicted molar refractivity (Wildman–Crippen MR) is 135 cm³/mol. The first-order valence-electron chi connectivity index (χ1n) is 12.6. The molecule has 0 radical (unpaired) electrons. The Morgan fingerprint density at radius 3 is 2.53 bits per heavy atom. The van der Waals surface area contributed by atoms with Crippen molar-refractivity contribution in [3.63, 3.8) is 0 Å². The molecule has 0 spiro atoms. The molecule has 0 aromatic heterocycles. The van der Waals surface area contributed by atoms with Gasteiger partial charge < -0.3 is 24.5 Å². The van der Waals surface area contributed by atoms with Gasteiger partial charge >= 0.3 is 12.1 Å². The summed E-state index contributed by atoms with van der Waals surface area (Å²) in [4.78, 5) is 31.7. The fourth-order valence-corrected chi connectivity index (χ4v) is 5.13. The molecule has 1 N–H and O–H groups in total. The molecule has 36 heavy (non-hydrogen) atoms. The SMILES string of the molecule is CC(C)(C)OC(=O)N(CCO)C[C@H]1CCN(C(=O)N2CCc3ccccc3[C@@H]2c2ccc(F)cc2)C1. The van der Waals surface area contributed by atoms with Crippen LogP contribution in [0, 0.1) is 11.7 Å². The van der Waals surface area contributed by atoms with Gasteiger partial charge in [0.1, 0.15) is 11.4 Å². The number of amides is 3. The highest BCUT2D eigenvalue weighted by atomic mass is 19.1. The summed E-state index contributed by atoms with van der Waals surface area (Å²) < 4.78 is 19.2. The van der Waals surface area contributed by atoms with E-state index in [1.54, 1.807) is 12.1 Å². The summed E-state index contributed by atoms with van der Waals surface area (Å²) in [6.45, 7) is 7.59. The molecule has 4 rings (SSSR count). The van der Waals surface area contributed by atoms with Gasteiger partial charge in [0.15, 0.2) is 0 Å². The molecule has 2 heterocycles. The minimum Gasteiger partial charge on any atom is -0.444 e. The van der Waals surface area contributed by atoms with Crippen molar-refractivity contribution < 1.29 is 23.8 Å². The highest BCUT2D eigenvalue weighted by molar-refractivity contribution is 5.76. The Morgan fingerprint density at radius 2 is 1.83 bits per heavy atom. The van der Waals surface area contributed by atoms with Crippen LogP contribution in [0.3, 0.4) is 0 Å². The van der Waals surface area contributed by atoms with E-state index < -0.39 is 11.7 Å². The quantitative estimate of drug-likeness (QED) is 0.663. The van der Waals surface area contributed by atoms with E-state index in [1.807, 2.05) is 48.8 Å². The second-order valence-corrected chi connectivity index (χ2v) is 10.6. The van der Waals surface area contributed by atoms with Crippen LogP contribution < -0.4 is 0 Å². The van der Waals surface area contributed by atoms with Crippen molar-refractivity contribution in [2.75, 3.05) is 39.3 Å². The Morgan fingerprint density at radius 1 is 1.11 bits per heavy atom. The number of carbonyl (C=O) groups excluding carboxylic acids is 2. The summed E-state index contributed by atoms with van der Waals surface area (Å²) in [7, 11) is 0. The summed E-state index contributed by atoms with van der Waals surface area (Å²) in [5.74, 6) is -0.213. The predicted octanol–water partition coefficient (Wildman–Crippen LogP) is 4.44. The first kappa shape index (κ1) is 25.9. The number of aliphatic hydroxyl groups is 1. The topological polar surface area (TPSA) is 73.3 Å². The molecule has 2 atom stereocenters. The second kappa shape index (κ2) is 10.9. The molecule has 0 saturated carbocycles. The lowest BCUT2D eigenvalue weighted by Gasteiger charge is -2.39. The van der Waals surface area contributed by atoms with Gasteiger partial charge in [0, 0.05) is 32.7 Å². The highest BCUT2D eigenvalue weighted by Gasteiger charge is 2.37. The first-order valence-corrected chi connectivity index (χ1v) is 12.6. The minimum absolute atomic E-state index is 0.0488. The van der Waals surface area contributed by atoms with Gasteiger partial charge in [-0.3, -0.25) is 0 Å². The standard InChI is InChI=1S/C28H36FN3O4/c1-28(2,3)36-27(35)31(16-17-33)19-20-12-14-30(18-20)26(34)32-15-13-21-6-4-5-7-24(21)25(32)22-8-10-23(29)11-9-22/h4-11,20,25,33H,12-19H2,1-3H3/t20-,25-/m0/s1. The van der Waals surface area contributed by atoms with E-state index in [1.165, 1.54) is 22.6 Å². The van der Waals surface area contributed by atoms with Crippen LogP contribution in [0.1, 0.15) is 49.9 Å². The van der Waals surface area contributed by atoms with Gasteiger partial charge in [0.2, 0.25) is 0 Å². The van der Waals surface area contributed by atoms with E-state index in [-0.39, 0.29) is 37.0 Å². The van der Waals surface area contributed by atoms with E-state index in [2.05, 4.69) is 6.07 Å². The Bertz CT molecular complexity index is 1070. The lowest BCUT2D eigenvalue weighted by Crippen LogP contribution is -2.47. The van der Waals surface area contributed by atoms with E-state index in [9.17, 15) is 19.1 Å². The number of carbonyl (C=O) groups is 2. The third-order valence-electron chi connectivity index (χ3n) is 6.77. The Hall–Kier alpha value is -3.13. The molecule has 0 aliphatic carbocycles. The third-order valence-corrected chi connectivity index (χ3v) is 6.77. The summed E-state index contributed by atoms with van der Waals surface area (Å²) in [6, 6.07) is 14.2. The highest BCUT2D eigenvalue weighted by Crippen LogP contribution is 2.36. The maximum Gasteiger partial charge on any atom is 0.410 e. The first-order chi connectivity index (χ1) is 17.2. The zero-order valence-corrected chi connectivity index (χ0v) is 21.3. The van der Waals surface area contributed by atoms with Crippen molar-refractivity contribution >= 4 is 12.1 Å². The average Bonchev–Trinajstić information content (AvgIpc) is 3.31. The molecule has 2 aliphatic heterocycles. The second-order valence-electron chi connectivity index (χ2n) is 10.6. The third kappa shape index (κ3) is 5.98. The van der Waals surface area contributed by atoms with Crippen LogP contribution in [-0.2, 0) is 11.2 Å². The van der Waals surface area contributed by atoms with E-state index >= 15 is 0 Å². The summed E-state index contributed by atoms with van der Waals surface area (Å²) in [5, 5.41) is 9.46. The van der Waals surface area contributed by atoms with Crippen LogP contribution in [0.4, 0.5) is 14.0 Å². The number of hydrogen-bond acceptors (Lipinski definition) is 4. The monoisotopic (exact) mass is 497 g/mol. The Balaban J connectivity index is 1.48. The van der Waals surface area contributed by atoms with Crippen molar-refractivity contribution in [2.45, 2.75) is 45.3 Å². The van der Waals surface area contributed by atoms with E-state index in [4.69, 9.17) is 4.74 Å². The number of aliphatic hydroxyl groups excluding tert-OH is 1. The summed E-state index contributed by atoms with van der Waals surface area (Å²) >= 11 is 0. The summed E-state index contributed by atoms with van der Waals surface area (Å²) in [6.07, 6.45) is 1.08. The lowest BCUT2D eigenvalue weighted by molar-refractivity contribution is 0.0190. The van der Waals surface area contributed by atoms with Crippen molar-refractivity contribution in [2.24, 2.45) is 5.92 Å². The van der Waals surface area contributed by atoms with Crippen molar-refractivity contribution in [1.29, 1.82) is 0 Å². The molecule has 2 aliphatic rings. The molecule has 194 valence electrons. The number of hydrogen-bond donors (Lipinski definition) is 1. The van der Waals surface area contributed by atoms with Crippen LogP contribution >= 0.6 is 0 Å². The van der Waals surface area contributed by atoms with Crippen molar-refractivity contribution in [3.8, 4) is 0 Å². The molecule has 1 saturated heterocycles. The molecule has 0 bridgehead atoms. The van der Waals surface area contributed by atoms with Crippen LogP contribution in [0.2, 0.25) is 0 Å². The number of nitrogens with zero attached hydrogens (tertiary/aromatic N) is 3. The fourth-order valence-electron chi connectivity index (χ4n) is 5.13. The van der Waals surface area contributed by atoms with E-state index in [0.29, 0.717) is 26.2 Å². The summed E-state index contributed by atoms with van der Waals surface area (Å²) in [5.41, 5.74) is 2.53. The number of ether oxygens (including phenoxy) is 1. The van der Waals surface area contributed by atoms with Crippen molar-refractivity contribution in [3.05, 3.63) is 71.0 Å². The van der Waals surface area contributed by atoms with Crippen molar-refractivity contribution in [1.82, 2.24) is 14.7 Å². The van der Waals surface area contributed by atoms with Crippen LogP contribution in [-0.4, -0.2) is 76.9 Å². The molecule has 1 fully saturated rings. The molecule has 2 aromatic rings. The Kier molecular flexibility index (Phi) is 7.83. The Labute approximate surface area is 212 Å². The van der Waals surface area contributed by atoms with Gasteiger partial charge in [-0.2, -0.15) is 0 Å². The van der Waals surface area contributed by atoms with Gasteiger partial charge in [-0.05, 0) is 68.4 Å². The normalized spacial score (nSPS) is 19.7. The zero-order chi connectivity index (χ0) is 25.9. The minimum atomic E-state index is -0.623. The number of likely N-dealkylation sites (tertiary alicyclic amines) is 1. The molecular formula is C28H36FN3O4. The number of benzene rings is 2. The molecule has 3 amide bonds. The zero-order valence-electron chi connectivity index (χ0n) is 21.3. The number of fused-ring (bicyclic) bond motifs is 1. The molecule has 8 heteroatoms. The van der Waals surface area contributed by atoms with Gasteiger partial charge in [-0.1, -0.05) is 36.4 Å². The average molecular weight is 498 g/mol. The molecule has 7 nitrogen and oxygen atoms in total. The largest absolute Gasteiger partial charge is 0.444 e. The van der Waals surface area contributed by atoms with Gasteiger partial charge in [0.25, 0.3) is 0 Å². The van der Waals surface area contributed by atoms with Crippen LogP contribution in [0.25, 0.3) is 0 Å². The van der Waals surface area contributed by atoms with Crippen LogP contribution in [0.5, 0.6) is 0 Å². The van der Waals surface area contributed by atoms with Gasteiger partial charge in [-0.15, -0.1) is 0 Å². The molecular weight excluding hydrogens is 461 g/mol. The van der Waals surface area contributed by atoms with Gasteiger partial charge in [-0.25, -0.2) is 14.0 Å². The number of halogens is 1. The van der Waals surface area contributed by atoms with Crippen LogP contribution in [0.15, 0.2) is 48.5 Å². The van der Waals surface area contributed by atoms with Gasteiger partial charge in [0.05, 0.1) is 12.6 Å². The molecule has 0 unspecified atom stereocenters. The number of rotatable bonds is 5. The maximum absolute atomic E-state index is 13.8. The smallest absolute Gasteiger partial charge is 0.410 e.